The molecule has 0 bridgehead atoms. The lowest BCUT2D eigenvalue weighted by Crippen LogP contribution is -2.22. The van der Waals surface area contributed by atoms with Crippen molar-refractivity contribution in [2.75, 3.05) is 13.4 Å². The van der Waals surface area contributed by atoms with E-state index in [1.54, 1.807) is 6.07 Å². The number of hydrogen-bond acceptors (Lipinski definition) is 2. The molecule has 0 heterocycles. The summed E-state index contributed by atoms with van der Waals surface area (Å²) in [6, 6.07) is 6.64. The highest BCUT2D eigenvalue weighted by atomic mass is 79.9. The lowest BCUT2D eigenvalue weighted by atomic mass is 10.3. The molecule has 96 valence electrons. The normalized spacial score (nSPS) is 11.6. The molecule has 17 heavy (non-hydrogen) atoms. The van der Waals surface area contributed by atoms with Crippen molar-refractivity contribution in [1.82, 2.24) is 0 Å². The fraction of sp³-hybridized carbons (Fsp3) is 0.500. The smallest absolute Gasteiger partial charge is 0.189 e. The first-order valence-corrected chi connectivity index (χ1v) is 10.4. The van der Waals surface area contributed by atoms with Crippen molar-refractivity contribution in [3.63, 3.8) is 0 Å². The first-order valence-electron chi connectivity index (χ1n) is 5.54. The van der Waals surface area contributed by atoms with Gasteiger partial charge in [0.1, 0.15) is 5.75 Å². The minimum absolute atomic E-state index is 0.280. The van der Waals surface area contributed by atoms with E-state index in [0.29, 0.717) is 5.02 Å². The van der Waals surface area contributed by atoms with Crippen molar-refractivity contribution in [2.45, 2.75) is 25.7 Å². The standard InChI is InChI=1S/C12H18BrClO2Si/c1-17(2,3)7-6-15-9-16-10-4-5-11(13)12(14)8-10/h4-5,8H,6-7,9H2,1-3H3. The van der Waals surface area contributed by atoms with Crippen LogP contribution in [-0.2, 0) is 4.74 Å². The van der Waals surface area contributed by atoms with Crippen molar-refractivity contribution in [1.29, 1.82) is 0 Å². The zero-order valence-electron chi connectivity index (χ0n) is 10.4. The molecule has 0 fully saturated rings. The van der Waals surface area contributed by atoms with E-state index in [1.165, 1.54) is 0 Å². The van der Waals surface area contributed by atoms with Crippen LogP contribution < -0.4 is 4.74 Å². The van der Waals surface area contributed by atoms with Crippen molar-refractivity contribution in [3.8, 4) is 5.75 Å². The molecule has 0 aromatic heterocycles. The van der Waals surface area contributed by atoms with Gasteiger partial charge in [-0.3, -0.25) is 0 Å². The first-order chi connectivity index (χ1) is 7.88. The molecule has 1 aromatic carbocycles. The van der Waals surface area contributed by atoms with Gasteiger partial charge in [0.25, 0.3) is 0 Å². The van der Waals surface area contributed by atoms with Crippen molar-refractivity contribution < 1.29 is 9.47 Å². The van der Waals surface area contributed by atoms with Crippen LogP contribution in [0.4, 0.5) is 0 Å². The molecule has 0 N–H and O–H groups in total. The summed E-state index contributed by atoms with van der Waals surface area (Å²) in [5.41, 5.74) is 0. The van der Waals surface area contributed by atoms with Crippen LogP contribution in [0.1, 0.15) is 0 Å². The van der Waals surface area contributed by atoms with Gasteiger partial charge in [-0.1, -0.05) is 31.2 Å². The number of halogens is 2. The summed E-state index contributed by atoms with van der Waals surface area (Å²) in [6.07, 6.45) is 0. The van der Waals surface area contributed by atoms with E-state index in [9.17, 15) is 0 Å². The molecule has 0 saturated carbocycles. The Morgan fingerprint density at radius 1 is 1.29 bits per heavy atom. The van der Waals surface area contributed by atoms with Crippen LogP contribution >= 0.6 is 27.5 Å². The molecule has 0 aliphatic rings. The molecule has 5 heteroatoms. The summed E-state index contributed by atoms with van der Waals surface area (Å²) in [5.74, 6) is 0.728. The van der Waals surface area contributed by atoms with E-state index in [0.717, 1.165) is 22.9 Å². The second-order valence-electron chi connectivity index (χ2n) is 5.06. The summed E-state index contributed by atoms with van der Waals surface area (Å²) < 4.78 is 11.8. The molecule has 0 unspecified atom stereocenters. The van der Waals surface area contributed by atoms with Crippen LogP contribution in [0.2, 0.25) is 30.7 Å². The van der Waals surface area contributed by atoms with Gasteiger partial charge in [-0.25, -0.2) is 0 Å². The molecule has 0 aliphatic heterocycles. The van der Waals surface area contributed by atoms with Crippen molar-refractivity contribution >= 4 is 35.6 Å². The molecular weight excluding hydrogens is 320 g/mol. The number of rotatable bonds is 6. The molecule has 0 amide bonds. The first kappa shape index (κ1) is 15.0. The maximum atomic E-state index is 5.95. The number of ether oxygens (including phenoxy) is 2. The average molecular weight is 338 g/mol. The zero-order valence-corrected chi connectivity index (χ0v) is 13.8. The van der Waals surface area contributed by atoms with Gasteiger partial charge >= 0.3 is 0 Å². The molecule has 0 saturated heterocycles. The van der Waals surface area contributed by atoms with Crippen LogP contribution in [0, 0.1) is 0 Å². The minimum Gasteiger partial charge on any atom is -0.468 e. The van der Waals surface area contributed by atoms with Crippen LogP contribution in [0.25, 0.3) is 0 Å². The molecular formula is C12H18BrClO2Si. The van der Waals surface area contributed by atoms with E-state index < -0.39 is 8.07 Å². The van der Waals surface area contributed by atoms with Gasteiger partial charge in [0, 0.05) is 25.2 Å². The highest BCUT2D eigenvalue weighted by molar-refractivity contribution is 9.10. The Morgan fingerprint density at radius 3 is 2.59 bits per heavy atom. The second-order valence-corrected chi connectivity index (χ2v) is 11.9. The maximum absolute atomic E-state index is 5.95. The molecule has 0 atom stereocenters. The summed E-state index contributed by atoms with van der Waals surface area (Å²) in [5, 5.41) is 0.643. The third-order valence-electron chi connectivity index (χ3n) is 2.20. The van der Waals surface area contributed by atoms with Gasteiger partial charge < -0.3 is 9.47 Å². The van der Waals surface area contributed by atoms with Crippen LogP contribution in [0.3, 0.4) is 0 Å². The lowest BCUT2D eigenvalue weighted by molar-refractivity contribution is 0.0220. The van der Waals surface area contributed by atoms with Gasteiger partial charge in [-0.2, -0.15) is 0 Å². The summed E-state index contributed by atoms with van der Waals surface area (Å²) in [6.45, 7) is 8.02. The van der Waals surface area contributed by atoms with Crippen LogP contribution in [0.15, 0.2) is 22.7 Å². The Bertz CT molecular complexity index is 366. The number of benzene rings is 1. The van der Waals surface area contributed by atoms with E-state index in [-0.39, 0.29) is 6.79 Å². The maximum Gasteiger partial charge on any atom is 0.189 e. The highest BCUT2D eigenvalue weighted by Gasteiger charge is 2.11. The van der Waals surface area contributed by atoms with Gasteiger partial charge in [0.2, 0.25) is 0 Å². The molecule has 2 nitrogen and oxygen atoms in total. The van der Waals surface area contributed by atoms with Gasteiger partial charge in [0.15, 0.2) is 6.79 Å². The predicted octanol–water partition coefficient (Wildman–Crippen LogP) is 4.79. The Labute approximate surface area is 117 Å². The van der Waals surface area contributed by atoms with E-state index in [4.69, 9.17) is 21.1 Å². The largest absolute Gasteiger partial charge is 0.468 e. The van der Waals surface area contributed by atoms with E-state index >= 15 is 0 Å². The second kappa shape index (κ2) is 6.78. The van der Waals surface area contributed by atoms with Gasteiger partial charge in [-0.15, -0.1) is 0 Å². The molecule has 1 rings (SSSR count). The fourth-order valence-corrected chi connectivity index (χ4v) is 2.29. The molecule has 0 radical (unpaired) electrons. The third kappa shape index (κ3) is 6.45. The average Bonchev–Trinajstić information content (AvgIpc) is 2.21. The Hall–Kier alpha value is -0.0331. The summed E-state index contributed by atoms with van der Waals surface area (Å²) >= 11 is 9.28. The topological polar surface area (TPSA) is 18.5 Å². The van der Waals surface area contributed by atoms with Crippen molar-refractivity contribution in [3.05, 3.63) is 27.7 Å². The van der Waals surface area contributed by atoms with Crippen LogP contribution in [0.5, 0.6) is 5.75 Å². The van der Waals surface area contributed by atoms with Gasteiger partial charge in [-0.05, 0) is 34.1 Å². The minimum atomic E-state index is -1.01. The Morgan fingerprint density at radius 2 is 2.00 bits per heavy atom. The SMILES string of the molecule is C[Si](C)(C)CCOCOc1ccc(Br)c(Cl)c1. The summed E-state index contributed by atoms with van der Waals surface area (Å²) in [4.78, 5) is 0. The van der Waals surface area contributed by atoms with Crippen molar-refractivity contribution in [2.24, 2.45) is 0 Å². The molecule has 0 spiro atoms. The monoisotopic (exact) mass is 336 g/mol. The number of hydrogen-bond donors (Lipinski definition) is 0. The van der Waals surface area contributed by atoms with Crippen LogP contribution in [-0.4, -0.2) is 21.5 Å². The Kier molecular flexibility index (Phi) is 5.99. The molecule has 1 aromatic rings. The third-order valence-corrected chi connectivity index (χ3v) is 5.13. The van der Waals surface area contributed by atoms with E-state index in [2.05, 4.69) is 35.6 Å². The zero-order chi connectivity index (χ0) is 12.9. The lowest BCUT2D eigenvalue weighted by Gasteiger charge is -2.15. The quantitative estimate of drug-likeness (QED) is 0.422. The highest BCUT2D eigenvalue weighted by Crippen LogP contribution is 2.26. The summed E-state index contributed by atoms with van der Waals surface area (Å²) in [7, 11) is -1.01. The molecule has 0 aliphatic carbocycles. The Balaban J connectivity index is 2.25. The van der Waals surface area contributed by atoms with E-state index in [1.807, 2.05) is 12.1 Å². The predicted molar refractivity (Wildman–Crippen MR) is 78.8 cm³/mol. The van der Waals surface area contributed by atoms with Gasteiger partial charge in [0.05, 0.1) is 5.02 Å². The fourth-order valence-electron chi connectivity index (χ4n) is 1.11.